The van der Waals surface area contributed by atoms with Crippen molar-refractivity contribution < 1.29 is 14.0 Å². The van der Waals surface area contributed by atoms with E-state index in [1.807, 2.05) is 23.2 Å². The molecule has 0 radical (unpaired) electrons. The van der Waals surface area contributed by atoms with Gasteiger partial charge in [0.2, 0.25) is 0 Å². The quantitative estimate of drug-likeness (QED) is 0.545. The second kappa shape index (κ2) is 8.35. The van der Waals surface area contributed by atoms with Crippen LogP contribution in [-0.2, 0) is 15.6 Å². The summed E-state index contributed by atoms with van der Waals surface area (Å²) in [6.07, 6.45) is 6.55. The van der Waals surface area contributed by atoms with E-state index in [0.29, 0.717) is 6.54 Å². The molecule has 0 bridgehead atoms. The molecule has 0 aromatic carbocycles. The summed E-state index contributed by atoms with van der Waals surface area (Å²) < 4.78 is 11.9. The molecule has 2 rings (SSSR count). The van der Waals surface area contributed by atoms with Crippen molar-refractivity contribution in [2.75, 3.05) is 13.2 Å². The minimum atomic E-state index is -1.89. The average Bonchev–Trinajstić information content (AvgIpc) is 2.94. The highest BCUT2D eigenvalue weighted by molar-refractivity contribution is 6.74. The van der Waals surface area contributed by atoms with Crippen LogP contribution in [0.1, 0.15) is 32.8 Å². The van der Waals surface area contributed by atoms with Gasteiger partial charge in [0.1, 0.15) is 6.61 Å². The summed E-state index contributed by atoms with van der Waals surface area (Å²) in [6.45, 7) is 15.6. The zero-order valence-corrected chi connectivity index (χ0v) is 17.7. The predicted molar refractivity (Wildman–Crippen MR) is 107 cm³/mol. The van der Waals surface area contributed by atoms with Gasteiger partial charge in [-0.2, -0.15) is 0 Å². The standard InChI is InChI=1S/C20H32N2O3Si/c1-7-11-24-19(23)22-15-18(25-26(5,6)20(2,3)4)13-17(22)12-16-9-8-10-21-14-16/h7-10,14,17-18H,1,11-13,15H2,2-6H3/t17-,18-/m1/s1. The Kier molecular flexibility index (Phi) is 6.63. The van der Waals surface area contributed by atoms with Crippen molar-refractivity contribution in [3.8, 4) is 0 Å². The fourth-order valence-corrected chi connectivity index (χ4v) is 4.33. The van der Waals surface area contributed by atoms with Gasteiger partial charge >= 0.3 is 6.09 Å². The molecule has 0 saturated carbocycles. The Morgan fingerprint density at radius 1 is 1.46 bits per heavy atom. The molecule has 144 valence electrons. The molecule has 5 nitrogen and oxygen atoms in total. The van der Waals surface area contributed by atoms with Gasteiger partial charge in [0.15, 0.2) is 8.32 Å². The van der Waals surface area contributed by atoms with Crippen LogP contribution in [0.3, 0.4) is 0 Å². The van der Waals surface area contributed by atoms with Crippen LogP contribution in [0, 0.1) is 0 Å². The molecule has 1 amide bonds. The molecule has 6 heteroatoms. The molecule has 0 spiro atoms. The molecule has 0 unspecified atom stereocenters. The van der Waals surface area contributed by atoms with Crippen molar-refractivity contribution >= 4 is 14.4 Å². The molecule has 1 aliphatic heterocycles. The minimum Gasteiger partial charge on any atom is -0.445 e. The lowest BCUT2D eigenvalue weighted by atomic mass is 10.1. The molecule has 2 atom stereocenters. The number of carbonyl (C=O) groups is 1. The second-order valence-corrected chi connectivity index (χ2v) is 13.2. The van der Waals surface area contributed by atoms with Crippen LogP contribution in [0.15, 0.2) is 37.2 Å². The number of nitrogens with zero attached hydrogens (tertiary/aromatic N) is 2. The van der Waals surface area contributed by atoms with Crippen molar-refractivity contribution in [1.82, 2.24) is 9.88 Å². The topological polar surface area (TPSA) is 51.7 Å². The van der Waals surface area contributed by atoms with E-state index in [4.69, 9.17) is 9.16 Å². The van der Waals surface area contributed by atoms with Gasteiger partial charge in [0, 0.05) is 25.0 Å². The number of carbonyl (C=O) groups excluding carboxylic acids is 1. The smallest absolute Gasteiger partial charge is 0.410 e. The zero-order chi connectivity index (χ0) is 19.4. The normalized spacial score (nSPS) is 20.9. The van der Waals surface area contributed by atoms with Crippen molar-refractivity contribution in [3.05, 3.63) is 42.7 Å². The molecular formula is C20H32N2O3Si. The fourth-order valence-electron chi connectivity index (χ4n) is 2.97. The Hall–Kier alpha value is -1.66. The summed E-state index contributed by atoms with van der Waals surface area (Å²) in [5.41, 5.74) is 1.12. The molecule has 0 aliphatic carbocycles. The number of hydrogen-bond acceptors (Lipinski definition) is 4. The first kappa shape index (κ1) is 20.6. The first-order chi connectivity index (χ1) is 12.1. The largest absolute Gasteiger partial charge is 0.445 e. The van der Waals surface area contributed by atoms with Crippen LogP contribution in [0.25, 0.3) is 0 Å². The van der Waals surface area contributed by atoms with E-state index in [0.717, 1.165) is 18.4 Å². The van der Waals surface area contributed by atoms with Crippen LogP contribution in [0.4, 0.5) is 4.79 Å². The molecule has 26 heavy (non-hydrogen) atoms. The van der Waals surface area contributed by atoms with Crippen LogP contribution in [0.2, 0.25) is 18.1 Å². The highest BCUT2D eigenvalue weighted by Crippen LogP contribution is 2.39. The lowest BCUT2D eigenvalue weighted by Gasteiger charge is -2.38. The Morgan fingerprint density at radius 2 is 2.19 bits per heavy atom. The maximum atomic E-state index is 12.5. The summed E-state index contributed by atoms with van der Waals surface area (Å²) in [4.78, 5) is 18.5. The Bertz CT molecular complexity index is 613. The Labute approximate surface area is 158 Å². The minimum absolute atomic E-state index is 0.0499. The van der Waals surface area contributed by atoms with E-state index < -0.39 is 8.32 Å². The van der Waals surface area contributed by atoms with E-state index in [-0.39, 0.29) is 29.9 Å². The van der Waals surface area contributed by atoms with Gasteiger partial charge in [0.25, 0.3) is 0 Å². The maximum absolute atomic E-state index is 12.5. The van der Waals surface area contributed by atoms with E-state index in [9.17, 15) is 4.79 Å². The van der Waals surface area contributed by atoms with Gasteiger partial charge in [-0.25, -0.2) is 4.79 Å². The summed E-state index contributed by atoms with van der Waals surface area (Å²) in [6, 6.07) is 4.03. The lowest BCUT2D eigenvalue weighted by Crippen LogP contribution is -2.44. The number of pyridine rings is 1. The third-order valence-electron chi connectivity index (χ3n) is 5.40. The summed E-state index contributed by atoms with van der Waals surface area (Å²) >= 11 is 0. The molecule has 1 saturated heterocycles. The number of ether oxygens (including phenoxy) is 1. The highest BCUT2D eigenvalue weighted by atomic mass is 28.4. The van der Waals surface area contributed by atoms with Gasteiger partial charge in [-0.05, 0) is 42.6 Å². The molecule has 2 heterocycles. The zero-order valence-electron chi connectivity index (χ0n) is 16.7. The van der Waals surface area contributed by atoms with E-state index in [1.165, 1.54) is 0 Å². The molecule has 1 fully saturated rings. The second-order valence-electron chi connectivity index (χ2n) is 8.47. The Morgan fingerprint density at radius 3 is 2.77 bits per heavy atom. The molecule has 0 N–H and O–H groups in total. The Balaban J connectivity index is 2.12. The number of hydrogen-bond donors (Lipinski definition) is 0. The summed E-state index contributed by atoms with van der Waals surface area (Å²) in [7, 11) is -1.89. The van der Waals surface area contributed by atoms with Crippen LogP contribution >= 0.6 is 0 Å². The lowest BCUT2D eigenvalue weighted by molar-refractivity contribution is 0.103. The van der Waals surface area contributed by atoms with Crippen molar-refractivity contribution in [2.24, 2.45) is 0 Å². The number of amides is 1. The van der Waals surface area contributed by atoms with E-state index in [2.05, 4.69) is 45.4 Å². The van der Waals surface area contributed by atoms with E-state index in [1.54, 1.807) is 12.3 Å². The number of rotatable bonds is 6. The first-order valence-electron chi connectivity index (χ1n) is 9.25. The van der Waals surface area contributed by atoms with Gasteiger partial charge in [-0.1, -0.05) is 39.5 Å². The van der Waals surface area contributed by atoms with Crippen LogP contribution in [-0.4, -0.2) is 49.6 Å². The monoisotopic (exact) mass is 376 g/mol. The molecule has 1 aromatic rings. The van der Waals surface area contributed by atoms with Crippen molar-refractivity contribution in [3.63, 3.8) is 0 Å². The number of aromatic nitrogens is 1. The third kappa shape index (κ3) is 5.17. The van der Waals surface area contributed by atoms with Gasteiger partial charge in [-0.3, -0.25) is 4.98 Å². The van der Waals surface area contributed by atoms with Crippen LogP contribution in [0.5, 0.6) is 0 Å². The molecular weight excluding hydrogens is 344 g/mol. The number of likely N-dealkylation sites (tertiary alicyclic amines) is 1. The summed E-state index contributed by atoms with van der Waals surface area (Å²) in [5, 5.41) is 0.141. The highest BCUT2D eigenvalue weighted by Gasteiger charge is 2.43. The fraction of sp³-hybridized carbons (Fsp3) is 0.600. The predicted octanol–water partition coefficient (Wildman–Crippen LogP) is 4.41. The van der Waals surface area contributed by atoms with Crippen molar-refractivity contribution in [1.29, 1.82) is 0 Å². The third-order valence-corrected chi connectivity index (χ3v) is 9.93. The van der Waals surface area contributed by atoms with Gasteiger partial charge < -0.3 is 14.1 Å². The first-order valence-corrected chi connectivity index (χ1v) is 12.2. The van der Waals surface area contributed by atoms with E-state index >= 15 is 0 Å². The van der Waals surface area contributed by atoms with Crippen LogP contribution < -0.4 is 0 Å². The van der Waals surface area contributed by atoms with Gasteiger partial charge in [-0.15, -0.1) is 0 Å². The van der Waals surface area contributed by atoms with Crippen molar-refractivity contribution in [2.45, 2.75) is 63.9 Å². The SMILES string of the molecule is C=CCOC(=O)N1C[C@H](O[Si](C)(C)C(C)(C)C)C[C@H]1Cc1cccnc1. The molecule has 1 aromatic heterocycles. The maximum Gasteiger partial charge on any atom is 0.410 e. The average molecular weight is 377 g/mol. The molecule has 1 aliphatic rings. The van der Waals surface area contributed by atoms with Gasteiger partial charge in [0.05, 0.1) is 6.10 Å². The summed E-state index contributed by atoms with van der Waals surface area (Å²) in [5.74, 6) is 0.